The van der Waals surface area contributed by atoms with Gasteiger partial charge in [-0.15, -0.1) is 0 Å². The number of hydrogen-bond donors (Lipinski definition) is 4. The Morgan fingerprint density at radius 3 is 2.19 bits per heavy atom. The molecule has 4 rings (SSSR count). The molecule has 0 saturated heterocycles. The minimum atomic E-state index is -1.31. The van der Waals surface area contributed by atoms with E-state index in [0.717, 1.165) is 32.1 Å². The molecule has 4 fully saturated rings. The Hall–Kier alpha value is -0.490. The van der Waals surface area contributed by atoms with Gasteiger partial charge in [0.05, 0.1) is 18.3 Å². The van der Waals surface area contributed by atoms with Crippen molar-refractivity contribution in [2.24, 2.45) is 34.5 Å². The van der Waals surface area contributed by atoms with Gasteiger partial charge in [0.1, 0.15) is 5.60 Å². The van der Waals surface area contributed by atoms with E-state index in [0.29, 0.717) is 12.8 Å². The summed E-state index contributed by atoms with van der Waals surface area (Å²) < 4.78 is 0. The molecule has 0 aromatic heterocycles. The lowest BCUT2D eigenvalue weighted by molar-refractivity contribution is -0.230. The third-order valence-corrected chi connectivity index (χ3v) is 9.46. The van der Waals surface area contributed by atoms with Crippen molar-refractivity contribution in [1.82, 2.24) is 0 Å². The zero-order valence-electron chi connectivity index (χ0n) is 16.2. The van der Waals surface area contributed by atoms with Crippen LogP contribution in [0.4, 0.5) is 0 Å². The normalized spacial score (nSPS) is 59.3. The lowest BCUT2D eigenvalue weighted by atomic mass is 9.43. The van der Waals surface area contributed by atoms with E-state index < -0.39 is 29.3 Å². The summed E-state index contributed by atoms with van der Waals surface area (Å²) in [6.07, 6.45) is 2.90. The molecule has 26 heavy (non-hydrogen) atoms. The highest BCUT2D eigenvalue weighted by atomic mass is 16.3. The first-order valence-corrected chi connectivity index (χ1v) is 10.3. The Morgan fingerprint density at radius 2 is 1.54 bits per heavy atom. The van der Waals surface area contributed by atoms with Gasteiger partial charge in [-0.3, -0.25) is 4.79 Å². The summed E-state index contributed by atoms with van der Waals surface area (Å²) in [5.41, 5.74) is -1.94. The molecule has 0 radical (unpaired) electrons. The van der Waals surface area contributed by atoms with Crippen LogP contribution in [-0.2, 0) is 4.79 Å². The fraction of sp³-hybridized carbons (Fsp3) is 0.952. The van der Waals surface area contributed by atoms with Crippen LogP contribution < -0.4 is 0 Å². The highest BCUT2D eigenvalue weighted by Gasteiger charge is 2.69. The van der Waals surface area contributed by atoms with Gasteiger partial charge in [0.2, 0.25) is 0 Å². The standard InChI is InChI=1S/C21H34O5/c1-11(22)21(26)9-6-14-16-13(5-8-20(14,21)3)19(2)7-4-12(23)10-15(19)17(24)18(16)25/h12-18,23-26H,4-10H2,1-3H3/t12?,13-,14-,15?,16+,17?,18?,19+,20-,21-/m0/s1. The predicted molar refractivity (Wildman–Crippen MR) is 96.1 cm³/mol. The van der Waals surface area contributed by atoms with Gasteiger partial charge in [0.25, 0.3) is 0 Å². The molecule has 0 aromatic rings. The molecule has 0 spiro atoms. The summed E-state index contributed by atoms with van der Waals surface area (Å²) in [6.45, 7) is 5.72. The highest BCUT2D eigenvalue weighted by Crippen LogP contribution is 2.68. The first-order chi connectivity index (χ1) is 12.1. The van der Waals surface area contributed by atoms with Crippen molar-refractivity contribution in [3.05, 3.63) is 0 Å². The molecule has 148 valence electrons. The summed E-state index contributed by atoms with van der Waals surface area (Å²) in [7, 11) is 0. The molecule has 4 aliphatic carbocycles. The summed E-state index contributed by atoms with van der Waals surface area (Å²) in [5.74, 6) is -0.0274. The zero-order valence-corrected chi connectivity index (χ0v) is 16.2. The van der Waals surface area contributed by atoms with E-state index in [4.69, 9.17) is 0 Å². The second-order valence-corrected chi connectivity index (χ2v) is 10.2. The molecule has 0 amide bonds. The van der Waals surface area contributed by atoms with E-state index in [2.05, 4.69) is 6.92 Å². The van der Waals surface area contributed by atoms with E-state index >= 15 is 0 Å². The third kappa shape index (κ3) is 2.15. The van der Waals surface area contributed by atoms with E-state index in [9.17, 15) is 25.2 Å². The van der Waals surface area contributed by atoms with Crippen LogP contribution in [0.2, 0.25) is 0 Å². The van der Waals surface area contributed by atoms with Crippen molar-refractivity contribution < 1.29 is 25.2 Å². The Morgan fingerprint density at radius 1 is 0.885 bits per heavy atom. The average molecular weight is 366 g/mol. The molecule has 0 bridgehead atoms. The van der Waals surface area contributed by atoms with Crippen molar-refractivity contribution >= 4 is 5.78 Å². The fourth-order valence-corrected chi connectivity index (χ4v) is 7.84. The fourth-order valence-electron chi connectivity index (χ4n) is 7.84. The van der Waals surface area contributed by atoms with Crippen LogP contribution in [0.15, 0.2) is 0 Å². The molecule has 10 atom stereocenters. The van der Waals surface area contributed by atoms with Crippen LogP contribution in [0.3, 0.4) is 0 Å². The van der Waals surface area contributed by atoms with Gasteiger partial charge in [-0.1, -0.05) is 13.8 Å². The number of carbonyl (C=O) groups is 1. The van der Waals surface area contributed by atoms with Crippen LogP contribution in [0.1, 0.15) is 65.7 Å². The molecule has 4 aliphatic rings. The van der Waals surface area contributed by atoms with Crippen LogP contribution in [-0.4, -0.2) is 50.1 Å². The number of Topliss-reactive ketones (excluding diaryl/α,β-unsaturated/α-hetero) is 1. The summed E-state index contributed by atoms with van der Waals surface area (Å²) in [4.78, 5) is 12.3. The largest absolute Gasteiger partial charge is 0.393 e. The summed E-state index contributed by atoms with van der Waals surface area (Å²) >= 11 is 0. The minimum Gasteiger partial charge on any atom is -0.393 e. The van der Waals surface area contributed by atoms with Gasteiger partial charge >= 0.3 is 0 Å². The van der Waals surface area contributed by atoms with Crippen molar-refractivity contribution in [2.75, 3.05) is 0 Å². The molecule has 4 N–H and O–H groups in total. The number of ketones is 1. The average Bonchev–Trinajstić information content (AvgIpc) is 2.87. The monoisotopic (exact) mass is 366 g/mol. The Bertz CT molecular complexity index is 607. The molecular formula is C21H34O5. The third-order valence-electron chi connectivity index (χ3n) is 9.46. The lowest BCUT2D eigenvalue weighted by Crippen LogP contribution is -2.65. The van der Waals surface area contributed by atoms with Gasteiger partial charge in [0.15, 0.2) is 5.78 Å². The Labute approximate surface area is 155 Å². The molecule has 4 unspecified atom stereocenters. The van der Waals surface area contributed by atoms with Crippen LogP contribution in [0.5, 0.6) is 0 Å². The molecule has 4 saturated carbocycles. The van der Waals surface area contributed by atoms with Crippen molar-refractivity contribution in [1.29, 1.82) is 0 Å². The van der Waals surface area contributed by atoms with Crippen molar-refractivity contribution in [3.8, 4) is 0 Å². The van der Waals surface area contributed by atoms with E-state index in [1.165, 1.54) is 6.92 Å². The highest BCUT2D eigenvalue weighted by molar-refractivity contribution is 5.86. The quantitative estimate of drug-likeness (QED) is 0.566. The maximum Gasteiger partial charge on any atom is 0.161 e. The van der Waals surface area contributed by atoms with Crippen LogP contribution in [0, 0.1) is 34.5 Å². The smallest absolute Gasteiger partial charge is 0.161 e. The number of aliphatic hydroxyl groups is 4. The van der Waals surface area contributed by atoms with Gasteiger partial charge in [-0.25, -0.2) is 0 Å². The summed E-state index contributed by atoms with van der Waals surface area (Å²) in [6, 6.07) is 0. The van der Waals surface area contributed by atoms with Gasteiger partial charge in [0, 0.05) is 5.41 Å². The number of carbonyl (C=O) groups excluding carboxylic acids is 1. The minimum absolute atomic E-state index is 0.0458. The maximum atomic E-state index is 12.3. The van der Waals surface area contributed by atoms with E-state index in [1.54, 1.807) is 0 Å². The molecule has 5 nitrogen and oxygen atoms in total. The van der Waals surface area contributed by atoms with Crippen LogP contribution >= 0.6 is 0 Å². The van der Waals surface area contributed by atoms with E-state index in [-0.39, 0.29) is 34.9 Å². The molecule has 0 aromatic carbocycles. The molecule has 5 heteroatoms. The molecular weight excluding hydrogens is 332 g/mol. The van der Waals surface area contributed by atoms with Gasteiger partial charge < -0.3 is 20.4 Å². The maximum absolute atomic E-state index is 12.3. The second-order valence-electron chi connectivity index (χ2n) is 10.2. The summed E-state index contributed by atoms with van der Waals surface area (Å²) in [5, 5.41) is 43.3. The van der Waals surface area contributed by atoms with E-state index in [1.807, 2.05) is 6.92 Å². The Kier molecular flexibility index (Phi) is 4.17. The number of aliphatic hydroxyl groups excluding tert-OH is 3. The van der Waals surface area contributed by atoms with Crippen molar-refractivity contribution in [3.63, 3.8) is 0 Å². The zero-order chi connectivity index (χ0) is 19.1. The first kappa shape index (κ1) is 18.9. The van der Waals surface area contributed by atoms with Gasteiger partial charge in [-0.2, -0.15) is 0 Å². The number of fused-ring (bicyclic) bond motifs is 5. The molecule has 0 heterocycles. The lowest BCUT2D eigenvalue weighted by Gasteiger charge is -2.63. The second kappa shape index (κ2) is 5.76. The van der Waals surface area contributed by atoms with Gasteiger partial charge in [-0.05, 0) is 81.0 Å². The molecule has 0 aliphatic heterocycles. The number of hydrogen-bond acceptors (Lipinski definition) is 5. The predicted octanol–water partition coefficient (Wildman–Crippen LogP) is 1.65. The number of rotatable bonds is 1. The first-order valence-electron chi connectivity index (χ1n) is 10.3. The van der Waals surface area contributed by atoms with Crippen molar-refractivity contribution in [2.45, 2.75) is 89.6 Å². The van der Waals surface area contributed by atoms with Crippen LogP contribution in [0.25, 0.3) is 0 Å². The Balaban J connectivity index is 1.73. The topological polar surface area (TPSA) is 98.0 Å². The SMILES string of the molecule is CC(=O)[C@@]1(O)CC[C@H]2[C@@H]3C(O)C(O)C4CC(O)CC[C@]4(C)[C@H]3CC[C@@]21C.